The summed E-state index contributed by atoms with van der Waals surface area (Å²) in [4.78, 5) is 13.6. The van der Waals surface area contributed by atoms with Crippen molar-refractivity contribution in [2.45, 2.75) is 6.54 Å². The number of fused-ring (bicyclic) bond motifs is 1. The van der Waals surface area contributed by atoms with E-state index in [-0.39, 0.29) is 0 Å². The fraction of sp³-hybridized carbons (Fsp3) is 0.227. The molecule has 1 fully saturated rings. The SMILES string of the molecule is Clc1ccc(-c2noc3ncnc(N4CCN(Cc5ccccc5)CC4)c23)cc1. The van der Waals surface area contributed by atoms with Gasteiger partial charge in [0.2, 0.25) is 0 Å². The highest BCUT2D eigenvalue weighted by molar-refractivity contribution is 6.30. The fourth-order valence-electron chi connectivity index (χ4n) is 3.78. The maximum Gasteiger partial charge on any atom is 0.263 e. The Morgan fingerprint density at radius 2 is 1.66 bits per heavy atom. The Balaban J connectivity index is 1.39. The lowest BCUT2D eigenvalue weighted by Gasteiger charge is -2.35. The van der Waals surface area contributed by atoms with Gasteiger partial charge in [-0.25, -0.2) is 4.98 Å². The van der Waals surface area contributed by atoms with Gasteiger partial charge in [0.25, 0.3) is 5.71 Å². The highest BCUT2D eigenvalue weighted by atomic mass is 35.5. The Morgan fingerprint density at radius 1 is 0.897 bits per heavy atom. The molecule has 0 spiro atoms. The third kappa shape index (κ3) is 3.69. The number of anilines is 1. The Kier molecular flexibility index (Phi) is 4.87. The van der Waals surface area contributed by atoms with Gasteiger partial charge in [-0.15, -0.1) is 0 Å². The van der Waals surface area contributed by atoms with E-state index in [1.54, 1.807) is 6.33 Å². The van der Waals surface area contributed by atoms with Crippen LogP contribution < -0.4 is 4.90 Å². The highest BCUT2D eigenvalue weighted by Gasteiger charge is 2.24. The molecule has 2 aromatic heterocycles. The van der Waals surface area contributed by atoms with E-state index in [9.17, 15) is 0 Å². The van der Waals surface area contributed by atoms with E-state index in [1.165, 1.54) is 5.56 Å². The van der Waals surface area contributed by atoms with Crippen LogP contribution in [0.15, 0.2) is 65.4 Å². The molecule has 6 nitrogen and oxygen atoms in total. The third-order valence-corrected chi connectivity index (χ3v) is 5.54. The predicted octanol–water partition coefficient (Wildman–Crippen LogP) is 4.26. The second-order valence-corrected chi connectivity index (χ2v) is 7.60. The highest BCUT2D eigenvalue weighted by Crippen LogP contribution is 2.33. The van der Waals surface area contributed by atoms with Crippen LogP contribution in [0.25, 0.3) is 22.4 Å². The summed E-state index contributed by atoms with van der Waals surface area (Å²) in [5, 5.41) is 5.80. The van der Waals surface area contributed by atoms with Crippen molar-refractivity contribution in [1.29, 1.82) is 0 Å². The zero-order valence-corrected chi connectivity index (χ0v) is 16.6. The molecule has 3 heterocycles. The molecule has 7 heteroatoms. The van der Waals surface area contributed by atoms with Crippen molar-refractivity contribution in [3.05, 3.63) is 71.5 Å². The largest absolute Gasteiger partial charge is 0.353 e. The number of benzene rings is 2. The molecule has 0 bridgehead atoms. The van der Waals surface area contributed by atoms with E-state index in [0.29, 0.717) is 10.7 Å². The van der Waals surface area contributed by atoms with E-state index in [2.05, 4.69) is 55.3 Å². The predicted molar refractivity (Wildman–Crippen MR) is 114 cm³/mol. The van der Waals surface area contributed by atoms with Crippen molar-refractivity contribution in [3.63, 3.8) is 0 Å². The van der Waals surface area contributed by atoms with Crippen LogP contribution in [0.1, 0.15) is 5.56 Å². The minimum atomic E-state index is 0.506. The van der Waals surface area contributed by atoms with Gasteiger partial charge in [0.15, 0.2) is 0 Å². The Hall–Kier alpha value is -2.96. The minimum absolute atomic E-state index is 0.506. The molecule has 1 aliphatic rings. The van der Waals surface area contributed by atoms with Crippen LogP contribution in [0.4, 0.5) is 5.82 Å². The molecule has 0 radical (unpaired) electrons. The topological polar surface area (TPSA) is 58.3 Å². The van der Waals surface area contributed by atoms with Crippen LogP contribution in [0.2, 0.25) is 5.02 Å². The molecule has 0 N–H and O–H groups in total. The number of rotatable bonds is 4. The van der Waals surface area contributed by atoms with Crippen LogP contribution in [-0.2, 0) is 6.54 Å². The monoisotopic (exact) mass is 405 g/mol. The van der Waals surface area contributed by atoms with Crippen molar-refractivity contribution in [2.75, 3.05) is 31.1 Å². The molecule has 4 aromatic rings. The first-order valence-electron chi connectivity index (χ1n) is 9.65. The summed E-state index contributed by atoms with van der Waals surface area (Å²) in [7, 11) is 0. The van der Waals surface area contributed by atoms with Crippen molar-refractivity contribution in [2.24, 2.45) is 0 Å². The maximum atomic E-state index is 6.03. The standard InChI is InChI=1S/C22H20ClN5O/c23-18-8-6-17(7-9-18)20-19-21(24-15-25-22(19)29-26-20)28-12-10-27(11-13-28)14-16-4-2-1-3-5-16/h1-9,15H,10-14H2. The fourth-order valence-corrected chi connectivity index (χ4v) is 3.90. The minimum Gasteiger partial charge on any atom is -0.353 e. The summed E-state index contributed by atoms with van der Waals surface area (Å²) in [5.41, 5.74) is 3.53. The Labute approximate surface area is 173 Å². The van der Waals surface area contributed by atoms with Crippen molar-refractivity contribution < 1.29 is 4.52 Å². The van der Waals surface area contributed by atoms with E-state index < -0.39 is 0 Å². The lowest BCUT2D eigenvalue weighted by atomic mass is 10.1. The lowest BCUT2D eigenvalue weighted by Crippen LogP contribution is -2.46. The van der Waals surface area contributed by atoms with E-state index in [0.717, 1.165) is 55.2 Å². The van der Waals surface area contributed by atoms with Crippen LogP contribution >= 0.6 is 11.6 Å². The van der Waals surface area contributed by atoms with E-state index >= 15 is 0 Å². The molecule has 0 saturated carbocycles. The second kappa shape index (κ2) is 7.81. The Bertz CT molecular complexity index is 1110. The number of piperazine rings is 1. The number of nitrogens with zero attached hydrogens (tertiary/aromatic N) is 5. The lowest BCUT2D eigenvalue weighted by molar-refractivity contribution is 0.249. The van der Waals surface area contributed by atoms with E-state index in [4.69, 9.17) is 16.1 Å². The summed E-state index contributed by atoms with van der Waals surface area (Å²) in [6, 6.07) is 18.2. The van der Waals surface area contributed by atoms with Crippen molar-refractivity contribution in [3.8, 4) is 11.3 Å². The van der Waals surface area contributed by atoms with E-state index in [1.807, 2.05) is 24.3 Å². The van der Waals surface area contributed by atoms with Crippen molar-refractivity contribution in [1.82, 2.24) is 20.0 Å². The summed E-state index contributed by atoms with van der Waals surface area (Å²) in [6.45, 7) is 4.70. The Morgan fingerprint density at radius 3 is 2.41 bits per heavy atom. The first-order valence-corrected chi connectivity index (χ1v) is 10.0. The molecular weight excluding hydrogens is 386 g/mol. The van der Waals surface area contributed by atoms with Gasteiger partial charge in [0.05, 0.1) is 0 Å². The normalized spacial score (nSPS) is 15.1. The smallest absolute Gasteiger partial charge is 0.263 e. The first-order chi connectivity index (χ1) is 14.3. The summed E-state index contributed by atoms with van der Waals surface area (Å²) >= 11 is 6.03. The molecule has 1 aliphatic heterocycles. The van der Waals surface area contributed by atoms with Gasteiger partial charge in [-0.05, 0) is 17.7 Å². The molecule has 0 atom stereocenters. The third-order valence-electron chi connectivity index (χ3n) is 5.29. The second-order valence-electron chi connectivity index (χ2n) is 7.16. The number of halogens is 1. The molecule has 29 heavy (non-hydrogen) atoms. The number of hydrogen-bond acceptors (Lipinski definition) is 6. The van der Waals surface area contributed by atoms with Crippen LogP contribution in [0.5, 0.6) is 0 Å². The molecular formula is C22H20ClN5O. The quantitative estimate of drug-likeness (QED) is 0.505. The molecule has 2 aromatic carbocycles. The first kappa shape index (κ1) is 18.1. The van der Waals surface area contributed by atoms with Crippen molar-refractivity contribution >= 4 is 28.5 Å². The number of hydrogen-bond donors (Lipinski definition) is 0. The molecule has 146 valence electrons. The zero-order valence-electron chi connectivity index (χ0n) is 15.8. The van der Waals surface area contributed by atoms with Gasteiger partial charge < -0.3 is 9.42 Å². The van der Waals surface area contributed by atoms with Gasteiger partial charge in [0, 0.05) is 43.3 Å². The summed E-state index contributed by atoms with van der Waals surface area (Å²) in [6.07, 6.45) is 1.55. The van der Waals surface area contributed by atoms with Gasteiger partial charge in [-0.1, -0.05) is 59.2 Å². The summed E-state index contributed by atoms with van der Waals surface area (Å²) in [5.74, 6) is 0.876. The molecule has 0 aliphatic carbocycles. The zero-order chi connectivity index (χ0) is 19.6. The molecule has 1 saturated heterocycles. The van der Waals surface area contributed by atoms with Gasteiger partial charge in [-0.2, -0.15) is 4.98 Å². The summed E-state index contributed by atoms with van der Waals surface area (Å²) < 4.78 is 5.49. The van der Waals surface area contributed by atoms with Gasteiger partial charge in [-0.3, -0.25) is 4.90 Å². The molecule has 0 amide bonds. The average molecular weight is 406 g/mol. The maximum absolute atomic E-state index is 6.03. The van der Waals surface area contributed by atoms with Crippen LogP contribution in [-0.4, -0.2) is 46.2 Å². The molecule has 0 unspecified atom stereocenters. The van der Waals surface area contributed by atoms with Gasteiger partial charge in [0.1, 0.15) is 23.2 Å². The average Bonchev–Trinajstić information content (AvgIpc) is 3.20. The number of aromatic nitrogens is 3. The van der Waals surface area contributed by atoms with Gasteiger partial charge >= 0.3 is 0 Å². The molecule has 5 rings (SSSR count). The van der Waals surface area contributed by atoms with Crippen LogP contribution in [0.3, 0.4) is 0 Å². The van der Waals surface area contributed by atoms with Crippen LogP contribution in [0, 0.1) is 0 Å².